The number of benzene rings is 1. The lowest BCUT2D eigenvalue weighted by molar-refractivity contribution is 0.203. The van der Waals surface area contributed by atoms with Crippen LogP contribution in [0.25, 0.3) is 0 Å². The number of halogens is 1. The quantitative estimate of drug-likeness (QED) is 0.645. The van der Waals surface area contributed by atoms with Gasteiger partial charge in [0.1, 0.15) is 5.75 Å². The first-order valence-electron chi connectivity index (χ1n) is 6.04. The van der Waals surface area contributed by atoms with Gasteiger partial charge in [0, 0.05) is 32.9 Å². The number of alkyl halides is 1. The zero-order chi connectivity index (χ0) is 15.0. The molecule has 1 amide bonds. The summed E-state index contributed by atoms with van der Waals surface area (Å²) in [6, 6.07) is 5.69. The van der Waals surface area contributed by atoms with E-state index in [2.05, 4.69) is 41.8 Å². The van der Waals surface area contributed by atoms with Crippen LogP contribution in [0, 0.1) is 0 Å². The number of rotatable bonds is 3. The lowest BCUT2D eigenvalue weighted by Crippen LogP contribution is -2.22. The highest BCUT2D eigenvalue weighted by atomic mass is 127. The second-order valence-electron chi connectivity index (χ2n) is 4.41. The Bertz CT molecular complexity index is 406. The highest BCUT2D eigenvalue weighted by Gasteiger charge is 2.11. The highest BCUT2D eigenvalue weighted by molar-refractivity contribution is 14.1. The van der Waals surface area contributed by atoms with Crippen molar-refractivity contribution in [2.24, 2.45) is 0 Å². The highest BCUT2D eigenvalue weighted by Crippen LogP contribution is 2.30. The number of hydrogen-bond acceptors (Lipinski definition) is 3. The van der Waals surface area contributed by atoms with Crippen LogP contribution in [0.3, 0.4) is 0 Å². The minimum atomic E-state index is -0.452. The predicted octanol–water partition coefficient (Wildman–Crippen LogP) is 3.65. The van der Waals surface area contributed by atoms with Gasteiger partial charge in [-0.1, -0.05) is 42.5 Å². The van der Waals surface area contributed by atoms with Gasteiger partial charge in [0.2, 0.25) is 0 Å². The van der Waals surface area contributed by atoms with E-state index in [1.807, 2.05) is 42.1 Å². The van der Waals surface area contributed by atoms with Gasteiger partial charge in [-0.05, 0) is 22.5 Å². The zero-order valence-corrected chi connectivity index (χ0v) is 14.6. The fourth-order valence-electron chi connectivity index (χ4n) is 1.62. The van der Waals surface area contributed by atoms with Gasteiger partial charge in [0.25, 0.3) is 0 Å². The van der Waals surface area contributed by atoms with Crippen molar-refractivity contribution in [3.05, 3.63) is 23.8 Å². The first-order valence-corrected chi connectivity index (χ1v) is 8.20. The van der Waals surface area contributed by atoms with E-state index in [1.165, 1.54) is 12.6 Å². The number of carbonyl (C=O) groups excluding carboxylic acids is 1. The van der Waals surface area contributed by atoms with Crippen molar-refractivity contribution >= 4 is 34.4 Å². The molecule has 1 aromatic carbocycles. The molecule has 0 aliphatic carbocycles. The van der Waals surface area contributed by atoms with Crippen LogP contribution in [-0.4, -0.2) is 32.2 Å². The SMILES string of the molecule is CI.CNC(=O)Oc1ccc(C(C)C)c(N(C)C)c1. The zero-order valence-electron chi connectivity index (χ0n) is 12.5. The maximum absolute atomic E-state index is 11.1. The number of amides is 1. The van der Waals surface area contributed by atoms with E-state index in [-0.39, 0.29) is 0 Å². The molecule has 1 aromatic rings. The van der Waals surface area contributed by atoms with E-state index < -0.39 is 6.09 Å². The minimum Gasteiger partial charge on any atom is -0.410 e. The fraction of sp³-hybridized carbons (Fsp3) is 0.500. The van der Waals surface area contributed by atoms with Crippen LogP contribution in [0.5, 0.6) is 5.75 Å². The van der Waals surface area contributed by atoms with Crippen molar-refractivity contribution in [3.63, 3.8) is 0 Å². The van der Waals surface area contributed by atoms with E-state index in [0.29, 0.717) is 11.7 Å². The Morgan fingerprint density at radius 3 is 2.32 bits per heavy atom. The summed E-state index contributed by atoms with van der Waals surface area (Å²) < 4.78 is 5.11. The molecule has 108 valence electrons. The molecular weight excluding hydrogens is 355 g/mol. The maximum atomic E-state index is 11.1. The van der Waals surface area contributed by atoms with Crippen molar-refractivity contribution in [2.45, 2.75) is 19.8 Å². The lowest BCUT2D eigenvalue weighted by Gasteiger charge is -2.20. The Morgan fingerprint density at radius 2 is 1.89 bits per heavy atom. The summed E-state index contributed by atoms with van der Waals surface area (Å²) in [5.41, 5.74) is 2.31. The number of ether oxygens (including phenoxy) is 1. The summed E-state index contributed by atoms with van der Waals surface area (Å²) in [7, 11) is 5.49. The van der Waals surface area contributed by atoms with E-state index in [0.717, 1.165) is 5.69 Å². The molecule has 0 aliphatic rings. The van der Waals surface area contributed by atoms with Crippen molar-refractivity contribution in [1.82, 2.24) is 5.32 Å². The van der Waals surface area contributed by atoms with E-state index in [9.17, 15) is 4.79 Å². The fourth-order valence-corrected chi connectivity index (χ4v) is 1.62. The number of nitrogens with zero attached hydrogens (tertiary/aromatic N) is 1. The first kappa shape index (κ1) is 18.0. The second kappa shape index (κ2) is 9.01. The van der Waals surface area contributed by atoms with Crippen LogP contribution in [0.1, 0.15) is 25.3 Å². The molecule has 0 unspecified atom stereocenters. The monoisotopic (exact) mass is 378 g/mol. The van der Waals surface area contributed by atoms with E-state index >= 15 is 0 Å². The van der Waals surface area contributed by atoms with Crippen molar-refractivity contribution in [2.75, 3.05) is 31.0 Å². The van der Waals surface area contributed by atoms with E-state index in [4.69, 9.17) is 4.74 Å². The number of nitrogens with one attached hydrogen (secondary N) is 1. The third-order valence-electron chi connectivity index (χ3n) is 2.52. The topological polar surface area (TPSA) is 41.6 Å². The third kappa shape index (κ3) is 5.67. The molecule has 0 radical (unpaired) electrons. The lowest BCUT2D eigenvalue weighted by atomic mass is 10.0. The molecule has 5 heteroatoms. The van der Waals surface area contributed by atoms with Gasteiger partial charge in [-0.25, -0.2) is 4.79 Å². The molecular formula is C14H23IN2O2. The summed E-state index contributed by atoms with van der Waals surface area (Å²) in [6.07, 6.45) is -0.452. The average Bonchev–Trinajstić information content (AvgIpc) is 2.40. The second-order valence-corrected chi connectivity index (χ2v) is 4.41. The van der Waals surface area contributed by atoms with Crippen LogP contribution < -0.4 is 15.0 Å². The Hall–Kier alpha value is -0.980. The minimum absolute atomic E-state index is 0.432. The standard InChI is InChI=1S/C13H20N2O2.CH3I/c1-9(2)11-7-6-10(17-13(16)14-3)8-12(11)15(4)5;1-2/h6-9H,1-5H3,(H,14,16);1H3. The van der Waals surface area contributed by atoms with Gasteiger partial charge in [0.15, 0.2) is 0 Å². The summed E-state index contributed by atoms with van der Waals surface area (Å²) in [5.74, 6) is 0.985. The van der Waals surface area contributed by atoms with Gasteiger partial charge in [-0.15, -0.1) is 0 Å². The Labute approximate surface area is 129 Å². The van der Waals surface area contributed by atoms with Crippen molar-refractivity contribution < 1.29 is 9.53 Å². The Balaban J connectivity index is 0.00000154. The van der Waals surface area contributed by atoms with Gasteiger partial charge in [0.05, 0.1) is 0 Å². The molecule has 0 spiro atoms. The third-order valence-corrected chi connectivity index (χ3v) is 2.52. The molecule has 0 saturated carbocycles. The van der Waals surface area contributed by atoms with E-state index in [1.54, 1.807) is 0 Å². The van der Waals surface area contributed by atoms with Crippen LogP contribution in [0.4, 0.5) is 10.5 Å². The normalized spacial score (nSPS) is 9.47. The molecule has 0 bridgehead atoms. The molecule has 4 nitrogen and oxygen atoms in total. The van der Waals surface area contributed by atoms with Gasteiger partial charge >= 0.3 is 6.09 Å². The molecule has 0 fully saturated rings. The molecule has 0 aromatic heterocycles. The first-order chi connectivity index (χ1) is 8.95. The summed E-state index contributed by atoms with van der Waals surface area (Å²) >= 11 is 2.15. The smallest absolute Gasteiger partial charge is 0.410 e. The van der Waals surface area contributed by atoms with Crippen LogP contribution in [0.2, 0.25) is 0 Å². The molecule has 0 saturated heterocycles. The van der Waals surface area contributed by atoms with Gasteiger partial charge in [-0.3, -0.25) is 0 Å². The molecule has 1 rings (SSSR count). The molecule has 0 heterocycles. The Morgan fingerprint density at radius 1 is 1.32 bits per heavy atom. The largest absolute Gasteiger partial charge is 0.412 e. The van der Waals surface area contributed by atoms with Gasteiger partial charge < -0.3 is 15.0 Å². The van der Waals surface area contributed by atoms with Crippen molar-refractivity contribution in [1.29, 1.82) is 0 Å². The number of hydrogen-bond donors (Lipinski definition) is 1. The summed E-state index contributed by atoms with van der Waals surface area (Å²) in [6.45, 7) is 4.28. The summed E-state index contributed by atoms with van der Waals surface area (Å²) in [4.78, 5) is 15.1. The molecule has 19 heavy (non-hydrogen) atoms. The molecule has 1 N–H and O–H groups in total. The summed E-state index contributed by atoms with van der Waals surface area (Å²) in [5, 5.41) is 2.42. The van der Waals surface area contributed by atoms with Crippen LogP contribution in [0.15, 0.2) is 18.2 Å². The maximum Gasteiger partial charge on any atom is 0.412 e. The number of carbonyl (C=O) groups is 1. The van der Waals surface area contributed by atoms with Gasteiger partial charge in [-0.2, -0.15) is 0 Å². The predicted molar refractivity (Wildman–Crippen MR) is 89.9 cm³/mol. The molecule has 0 aliphatic heterocycles. The Kier molecular flexibility index (Phi) is 8.54. The number of anilines is 1. The van der Waals surface area contributed by atoms with Crippen molar-refractivity contribution in [3.8, 4) is 5.75 Å². The average molecular weight is 378 g/mol. The van der Waals surface area contributed by atoms with Crippen LogP contribution >= 0.6 is 22.6 Å². The molecule has 0 atom stereocenters. The van der Waals surface area contributed by atoms with Crippen LogP contribution in [-0.2, 0) is 0 Å².